The third kappa shape index (κ3) is 5.14. The SMILES string of the molecule is COC(=O)c1cc(-c2ccccc2)sc1NC(=S)Nc1ccccc1Oc1ccccc1. The highest BCUT2D eigenvalue weighted by Crippen LogP contribution is 2.36. The molecule has 0 bridgehead atoms. The van der Waals surface area contributed by atoms with E-state index in [0.29, 0.717) is 27.1 Å². The Kier molecular flexibility index (Phi) is 6.79. The van der Waals surface area contributed by atoms with Gasteiger partial charge in [0.15, 0.2) is 10.9 Å². The molecule has 5 nitrogen and oxygen atoms in total. The molecule has 0 saturated carbocycles. The molecule has 0 amide bonds. The second kappa shape index (κ2) is 10.1. The highest BCUT2D eigenvalue weighted by molar-refractivity contribution is 7.80. The number of carbonyl (C=O) groups excluding carboxylic acids is 1. The van der Waals surface area contributed by atoms with Crippen LogP contribution in [0.4, 0.5) is 10.7 Å². The van der Waals surface area contributed by atoms with Crippen molar-refractivity contribution < 1.29 is 14.3 Å². The Morgan fingerprint density at radius 2 is 1.53 bits per heavy atom. The molecule has 1 aromatic heterocycles. The number of anilines is 2. The topological polar surface area (TPSA) is 59.6 Å². The van der Waals surface area contributed by atoms with Crippen LogP contribution in [0.15, 0.2) is 91.0 Å². The fourth-order valence-electron chi connectivity index (χ4n) is 3.02. The maximum Gasteiger partial charge on any atom is 0.340 e. The van der Waals surface area contributed by atoms with Crippen LogP contribution in [0.25, 0.3) is 10.4 Å². The largest absolute Gasteiger partial charge is 0.465 e. The number of hydrogen-bond acceptors (Lipinski definition) is 5. The van der Waals surface area contributed by atoms with E-state index >= 15 is 0 Å². The van der Waals surface area contributed by atoms with Gasteiger partial charge in [0, 0.05) is 4.88 Å². The van der Waals surface area contributed by atoms with Gasteiger partial charge in [0.1, 0.15) is 10.8 Å². The number of benzene rings is 3. The van der Waals surface area contributed by atoms with Gasteiger partial charge in [0.25, 0.3) is 0 Å². The second-order valence-corrected chi connectivity index (χ2v) is 8.16. The molecule has 7 heteroatoms. The number of carbonyl (C=O) groups is 1. The Balaban J connectivity index is 1.55. The standard InChI is InChI=1S/C25H20N2O3S2/c1-29-24(28)19-16-22(17-10-4-2-5-11-17)32-23(19)27-25(31)26-20-14-8-9-15-21(20)30-18-12-6-3-7-13-18/h2-16H,1H3,(H2,26,27,31). The van der Waals surface area contributed by atoms with E-state index in [2.05, 4.69) is 10.6 Å². The molecular formula is C25H20N2O3S2. The number of thiophene rings is 1. The summed E-state index contributed by atoms with van der Waals surface area (Å²) in [5.74, 6) is 0.924. The lowest BCUT2D eigenvalue weighted by atomic mass is 10.1. The van der Waals surface area contributed by atoms with Crippen molar-refractivity contribution in [2.45, 2.75) is 0 Å². The Morgan fingerprint density at radius 1 is 0.875 bits per heavy atom. The van der Waals surface area contributed by atoms with Gasteiger partial charge < -0.3 is 20.1 Å². The third-order valence-electron chi connectivity index (χ3n) is 4.53. The molecule has 2 N–H and O–H groups in total. The Morgan fingerprint density at radius 3 is 2.25 bits per heavy atom. The molecule has 0 atom stereocenters. The maximum absolute atomic E-state index is 12.3. The number of para-hydroxylation sites is 3. The summed E-state index contributed by atoms with van der Waals surface area (Å²) in [5.41, 5.74) is 2.14. The lowest BCUT2D eigenvalue weighted by Crippen LogP contribution is -2.20. The number of hydrogen-bond donors (Lipinski definition) is 2. The fourth-order valence-corrected chi connectivity index (χ4v) is 4.35. The first kappa shape index (κ1) is 21.5. The van der Waals surface area contributed by atoms with Gasteiger partial charge in [0.2, 0.25) is 0 Å². The van der Waals surface area contributed by atoms with Crippen LogP contribution in [-0.4, -0.2) is 18.2 Å². The first-order valence-corrected chi connectivity index (χ1v) is 11.0. The molecule has 0 radical (unpaired) electrons. The van der Waals surface area contributed by atoms with Gasteiger partial charge in [-0.3, -0.25) is 0 Å². The van der Waals surface area contributed by atoms with Crippen molar-refractivity contribution >= 4 is 45.3 Å². The van der Waals surface area contributed by atoms with Crippen LogP contribution in [0.5, 0.6) is 11.5 Å². The molecule has 1 heterocycles. The molecule has 32 heavy (non-hydrogen) atoms. The molecule has 3 aromatic carbocycles. The molecule has 0 fully saturated rings. The Hall–Kier alpha value is -3.68. The molecule has 4 rings (SSSR count). The van der Waals surface area contributed by atoms with Crippen molar-refractivity contribution in [2.24, 2.45) is 0 Å². The summed E-state index contributed by atoms with van der Waals surface area (Å²) >= 11 is 6.96. The number of esters is 1. The fraction of sp³-hybridized carbons (Fsp3) is 0.0400. The predicted molar refractivity (Wildman–Crippen MR) is 134 cm³/mol. The minimum absolute atomic E-state index is 0.334. The van der Waals surface area contributed by atoms with Gasteiger partial charge in [-0.25, -0.2) is 4.79 Å². The zero-order valence-electron chi connectivity index (χ0n) is 17.2. The lowest BCUT2D eigenvalue weighted by molar-refractivity contribution is 0.0602. The van der Waals surface area contributed by atoms with E-state index in [1.807, 2.05) is 91.0 Å². The van der Waals surface area contributed by atoms with E-state index in [1.54, 1.807) is 0 Å². The van der Waals surface area contributed by atoms with Crippen molar-refractivity contribution in [3.8, 4) is 21.9 Å². The highest BCUT2D eigenvalue weighted by Gasteiger charge is 2.19. The number of thiocarbonyl (C=S) groups is 1. The van der Waals surface area contributed by atoms with Gasteiger partial charge in [0.05, 0.1) is 18.4 Å². The Labute approximate surface area is 195 Å². The first-order valence-electron chi connectivity index (χ1n) is 9.81. The van der Waals surface area contributed by atoms with Crippen molar-refractivity contribution in [1.82, 2.24) is 0 Å². The molecule has 0 saturated heterocycles. The minimum atomic E-state index is -0.429. The van der Waals surface area contributed by atoms with Crippen LogP contribution >= 0.6 is 23.6 Å². The summed E-state index contributed by atoms with van der Waals surface area (Å²) < 4.78 is 10.9. The number of rotatable bonds is 6. The molecular weight excluding hydrogens is 440 g/mol. The number of ether oxygens (including phenoxy) is 2. The van der Waals surface area contributed by atoms with E-state index in [-0.39, 0.29) is 0 Å². The third-order valence-corrected chi connectivity index (χ3v) is 5.83. The minimum Gasteiger partial charge on any atom is -0.465 e. The quantitative estimate of drug-likeness (QED) is 0.244. The maximum atomic E-state index is 12.3. The molecule has 160 valence electrons. The summed E-state index contributed by atoms with van der Waals surface area (Å²) in [6, 6.07) is 28.7. The second-order valence-electron chi connectivity index (χ2n) is 6.70. The van der Waals surface area contributed by atoms with Crippen molar-refractivity contribution in [1.29, 1.82) is 0 Å². The van der Waals surface area contributed by atoms with E-state index in [0.717, 1.165) is 16.2 Å². The smallest absolute Gasteiger partial charge is 0.340 e. The monoisotopic (exact) mass is 460 g/mol. The highest BCUT2D eigenvalue weighted by atomic mass is 32.1. The van der Waals surface area contributed by atoms with E-state index < -0.39 is 5.97 Å². The molecule has 0 unspecified atom stereocenters. The van der Waals surface area contributed by atoms with Gasteiger partial charge in [-0.1, -0.05) is 60.7 Å². The summed E-state index contributed by atoms with van der Waals surface area (Å²) in [6.45, 7) is 0. The van der Waals surface area contributed by atoms with Crippen LogP contribution in [-0.2, 0) is 4.74 Å². The van der Waals surface area contributed by atoms with Crippen LogP contribution in [0.2, 0.25) is 0 Å². The van der Waals surface area contributed by atoms with Crippen molar-refractivity contribution in [3.63, 3.8) is 0 Å². The Bertz CT molecular complexity index is 1220. The molecule has 0 spiro atoms. The summed E-state index contributed by atoms with van der Waals surface area (Å²) in [5, 5.41) is 7.24. The van der Waals surface area contributed by atoms with Crippen LogP contribution in [0.3, 0.4) is 0 Å². The zero-order valence-corrected chi connectivity index (χ0v) is 18.8. The lowest BCUT2D eigenvalue weighted by Gasteiger charge is -2.14. The normalized spacial score (nSPS) is 10.3. The molecule has 4 aromatic rings. The average molecular weight is 461 g/mol. The van der Waals surface area contributed by atoms with Crippen molar-refractivity contribution in [2.75, 3.05) is 17.7 Å². The van der Waals surface area contributed by atoms with Crippen LogP contribution in [0, 0.1) is 0 Å². The number of methoxy groups -OCH3 is 1. The van der Waals surface area contributed by atoms with Crippen molar-refractivity contribution in [3.05, 3.63) is 96.6 Å². The van der Waals surface area contributed by atoms with E-state index in [4.69, 9.17) is 21.7 Å². The molecule has 0 aliphatic rings. The summed E-state index contributed by atoms with van der Waals surface area (Å²) in [7, 11) is 1.36. The molecule has 0 aliphatic heterocycles. The summed E-state index contributed by atoms with van der Waals surface area (Å²) in [6.07, 6.45) is 0. The van der Waals surface area contributed by atoms with E-state index in [1.165, 1.54) is 18.4 Å². The molecule has 0 aliphatic carbocycles. The van der Waals surface area contributed by atoms with Gasteiger partial charge in [-0.2, -0.15) is 0 Å². The predicted octanol–water partition coefficient (Wildman–Crippen LogP) is 6.80. The number of nitrogens with one attached hydrogen (secondary N) is 2. The van der Waals surface area contributed by atoms with Gasteiger partial charge in [-0.15, -0.1) is 11.3 Å². The van der Waals surface area contributed by atoms with E-state index in [9.17, 15) is 4.79 Å². The van der Waals surface area contributed by atoms with Gasteiger partial charge >= 0.3 is 5.97 Å². The zero-order chi connectivity index (χ0) is 22.3. The van der Waals surface area contributed by atoms with Crippen LogP contribution in [0.1, 0.15) is 10.4 Å². The first-order chi connectivity index (χ1) is 15.6. The summed E-state index contributed by atoms with van der Waals surface area (Å²) in [4.78, 5) is 13.3. The van der Waals surface area contributed by atoms with Gasteiger partial charge in [-0.05, 0) is 48.1 Å². The van der Waals surface area contributed by atoms with Crippen LogP contribution < -0.4 is 15.4 Å². The average Bonchev–Trinajstić information content (AvgIpc) is 3.24.